The van der Waals surface area contributed by atoms with E-state index in [9.17, 15) is 0 Å². The summed E-state index contributed by atoms with van der Waals surface area (Å²) in [5.74, 6) is 6.83. The van der Waals surface area contributed by atoms with Crippen LogP contribution in [0.2, 0.25) is 0 Å². The van der Waals surface area contributed by atoms with Gasteiger partial charge in [0.2, 0.25) is 0 Å². The van der Waals surface area contributed by atoms with E-state index < -0.39 is 0 Å². The molecule has 1 fully saturated rings. The molecule has 0 amide bonds. The standard InChI is InChI=1S/C16H27N3O/c1-12-11-13(20-4)7-8-14(12)15(18-17)16(19(2)3)9-5-6-10-16/h7-8,11,15,18H,5-6,9-10,17H2,1-4H3. The highest BCUT2D eigenvalue weighted by atomic mass is 16.5. The summed E-state index contributed by atoms with van der Waals surface area (Å²) in [6.07, 6.45) is 4.90. The van der Waals surface area contributed by atoms with Gasteiger partial charge in [-0.1, -0.05) is 18.9 Å². The number of nitrogens with two attached hydrogens (primary N) is 1. The fourth-order valence-corrected chi connectivity index (χ4v) is 3.61. The van der Waals surface area contributed by atoms with Crippen LogP contribution in [-0.2, 0) is 0 Å². The minimum absolute atomic E-state index is 0.105. The predicted molar refractivity (Wildman–Crippen MR) is 82.7 cm³/mol. The van der Waals surface area contributed by atoms with E-state index in [0.29, 0.717) is 0 Å². The highest BCUT2D eigenvalue weighted by Crippen LogP contribution is 2.44. The Hall–Kier alpha value is -1.10. The van der Waals surface area contributed by atoms with Gasteiger partial charge in [-0.25, -0.2) is 0 Å². The van der Waals surface area contributed by atoms with E-state index in [0.717, 1.165) is 5.75 Å². The lowest BCUT2D eigenvalue weighted by atomic mass is 9.81. The molecule has 4 heteroatoms. The number of hydrogen-bond acceptors (Lipinski definition) is 4. The van der Waals surface area contributed by atoms with Crippen molar-refractivity contribution in [2.24, 2.45) is 5.84 Å². The zero-order chi connectivity index (χ0) is 14.8. The second kappa shape index (κ2) is 6.12. The van der Waals surface area contributed by atoms with Crippen molar-refractivity contribution in [1.82, 2.24) is 10.3 Å². The second-order valence-corrected chi connectivity index (χ2v) is 6.03. The number of aryl methyl sites for hydroxylation is 1. The van der Waals surface area contributed by atoms with Crippen LogP contribution in [0, 0.1) is 6.92 Å². The van der Waals surface area contributed by atoms with Gasteiger partial charge in [-0.2, -0.15) is 0 Å². The van der Waals surface area contributed by atoms with Gasteiger partial charge in [0, 0.05) is 5.54 Å². The van der Waals surface area contributed by atoms with Gasteiger partial charge in [0.25, 0.3) is 0 Å². The van der Waals surface area contributed by atoms with Crippen LogP contribution in [-0.4, -0.2) is 31.6 Å². The highest BCUT2D eigenvalue weighted by Gasteiger charge is 2.43. The predicted octanol–water partition coefficient (Wildman–Crippen LogP) is 2.38. The smallest absolute Gasteiger partial charge is 0.119 e. The van der Waals surface area contributed by atoms with E-state index in [4.69, 9.17) is 10.6 Å². The topological polar surface area (TPSA) is 50.5 Å². The summed E-state index contributed by atoms with van der Waals surface area (Å²) in [4.78, 5) is 2.34. The molecule has 1 aromatic carbocycles. The number of likely N-dealkylation sites (N-methyl/N-ethyl adjacent to an activating group) is 1. The van der Waals surface area contributed by atoms with Crippen molar-refractivity contribution >= 4 is 0 Å². The van der Waals surface area contributed by atoms with E-state index in [1.807, 2.05) is 6.07 Å². The Kier molecular flexibility index (Phi) is 4.68. The summed E-state index contributed by atoms with van der Waals surface area (Å²) in [5.41, 5.74) is 5.67. The van der Waals surface area contributed by atoms with Crippen molar-refractivity contribution in [3.8, 4) is 5.75 Å². The van der Waals surface area contributed by atoms with E-state index in [1.165, 1.54) is 36.8 Å². The first kappa shape index (κ1) is 15.3. The lowest BCUT2D eigenvalue weighted by Gasteiger charge is -2.43. The molecule has 0 radical (unpaired) electrons. The SMILES string of the molecule is COc1ccc(C(NN)C2(N(C)C)CCCC2)c(C)c1. The Morgan fingerprint density at radius 1 is 1.30 bits per heavy atom. The Labute approximate surface area is 122 Å². The third-order valence-corrected chi connectivity index (χ3v) is 4.85. The van der Waals surface area contributed by atoms with E-state index in [2.05, 4.69) is 43.5 Å². The van der Waals surface area contributed by atoms with Gasteiger partial charge in [-0.3, -0.25) is 11.3 Å². The summed E-state index contributed by atoms with van der Waals surface area (Å²) in [7, 11) is 6.02. The molecule has 4 nitrogen and oxygen atoms in total. The molecule has 1 aliphatic rings. The van der Waals surface area contributed by atoms with Crippen molar-refractivity contribution in [3.63, 3.8) is 0 Å². The van der Waals surface area contributed by atoms with Crippen LogP contribution < -0.4 is 16.0 Å². The molecule has 0 spiro atoms. The summed E-state index contributed by atoms with van der Waals surface area (Å²) < 4.78 is 5.30. The molecule has 0 heterocycles. The number of nitrogens with zero attached hydrogens (tertiary/aromatic N) is 1. The molecule has 1 unspecified atom stereocenters. The summed E-state index contributed by atoms with van der Waals surface area (Å²) >= 11 is 0. The first-order valence-corrected chi connectivity index (χ1v) is 7.33. The van der Waals surface area contributed by atoms with Gasteiger partial charge in [0.1, 0.15) is 5.75 Å². The second-order valence-electron chi connectivity index (χ2n) is 6.03. The normalized spacial score (nSPS) is 19.3. The van der Waals surface area contributed by atoms with Crippen LogP contribution in [0.5, 0.6) is 5.75 Å². The molecule has 1 aliphatic carbocycles. The van der Waals surface area contributed by atoms with Crippen LogP contribution in [0.25, 0.3) is 0 Å². The molecule has 1 aromatic rings. The van der Waals surface area contributed by atoms with Crippen molar-refractivity contribution in [1.29, 1.82) is 0 Å². The molecular formula is C16H27N3O. The number of ether oxygens (including phenoxy) is 1. The van der Waals surface area contributed by atoms with Crippen LogP contribution in [0.1, 0.15) is 42.9 Å². The average Bonchev–Trinajstić information content (AvgIpc) is 2.92. The van der Waals surface area contributed by atoms with E-state index >= 15 is 0 Å². The van der Waals surface area contributed by atoms with E-state index in [1.54, 1.807) is 7.11 Å². The maximum atomic E-state index is 5.94. The summed E-state index contributed by atoms with van der Waals surface area (Å²) in [6, 6.07) is 6.39. The Bertz CT molecular complexity index is 453. The summed E-state index contributed by atoms with van der Waals surface area (Å²) in [6.45, 7) is 2.13. The van der Waals surface area contributed by atoms with Crippen molar-refractivity contribution < 1.29 is 4.74 Å². The molecule has 20 heavy (non-hydrogen) atoms. The van der Waals surface area contributed by atoms with Crippen molar-refractivity contribution in [2.75, 3.05) is 21.2 Å². The van der Waals surface area contributed by atoms with E-state index in [-0.39, 0.29) is 11.6 Å². The minimum atomic E-state index is 0.105. The van der Waals surface area contributed by atoms with Crippen LogP contribution >= 0.6 is 0 Å². The first-order chi connectivity index (χ1) is 9.55. The lowest BCUT2D eigenvalue weighted by molar-refractivity contribution is 0.104. The Morgan fingerprint density at radius 3 is 2.40 bits per heavy atom. The number of benzene rings is 1. The van der Waals surface area contributed by atoms with Gasteiger partial charge in [-0.15, -0.1) is 0 Å². The number of rotatable bonds is 5. The van der Waals surface area contributed by atoms with Crippen LogP contribution in [0.3, 0.4) is 0 Å². The molecule has 0 aliphatic heterocycles. The molecule has 0 saturated heterocycles. The average molecular weight is 277 g/mol. The van der Waals surface area contributed by atoms with Gasteiger partial charge in [-0.05, 0) is 57.1 Å². The van der Waals surface area contributed by atoms with Crippen molar-refractivity contribution in [3.05, 3.63) is 29.3 Å². The zero-order valence-corrected chi connectivity index (χ0v) is 13.1. The lowest BCUT2D eigenvalue weighted by Crippen LogP contribution is -2.53. The quantitative estimate of drug-likeness (QED) is 0.641. The molecule has 112 valence electrons. The summed E-state index contributed by atoms with van der Waals surface area (Å²) in [5, 5.41) is 0. The minimum Gasteiger partial charge on any atom is -0.497 e. The van der Waals surface area contributed by atoms with Crippen molar-refractivity contribution in [2.45, 2.75) is 44.2 Å². The Balaban J connectivity index is 2.41. The molecule has 3 N–H and O–H groups in total. The van der Waals surface area contributed by atoms with Crippen LogP contribution in [0.4, 0.5) is 0 Å². The van der Waals surface area contributed by atoms with Gasteiger partial charge < -0.3 is 9.64 Å². The maximum Gasteiger partial charge on any atom is 0.119 e. The zero-order valence-electron chi connectivity index (χ0n) is 13.1. The first-order valence-electron chi connectivity index (χ1n) is 7.33. The van der Waals surface area contributed by atoms with Crippen LogP contribution in [0.15, 0.2) is 18.2 Å². The highest BCUT2D eigenvalue weighted by molar-refractivity contribution is 5.38. The Morgan fingerprint density at radius 2 is 1.95 bits per heavy atom. The molecular weight excluding hydrogens is 250 g/mol. The number of methoxy groups -OCH3 is 1. The fourth-order valence-electron chi connectivity index (χ4n) is 3.61. The third kappa shape index (κ3) is 2.55. The number of hydrazine groups is 1. The number of hydrogen-bond donors (Lipinski definition) is 2. The molecule has 0 aromatic heterocycles. The molecule has 1 atom stereocenters. The van der Waals surface area contributed by atoms with Gasteiger partial charge >= 0.3 is 0 Å². The molecule has 1 saturated carbocycles. The van der Waals surface area contributed by atoms with Gasteiger partial charge in [0.15, 0.2) is 0 Å². The largest absolute Gasteiger partial charge is 0.497 e. The van der Waals surface area contributed by atoms with Gasteiger partial charge in [0.05, 0.1) is 13.2 Å². The monoisotopic (exact) mass is 277 g/mol. The molecule has 0 bridgehead atoms. The molecule has 2 rings (SSSR count). The number of nitrogens with one attached hydrogen (secondary N) is 1. The third-order valence-electron chi connectivity index (χ3n) is 4.85. The maximum absolute atomic E-state index is 5.94. The fraction of sp³-hybridized carbons (Fsp3) is 0.625.